The van der Waals surface area contributed by atoms with Crippen molar-refractivity contribution >= 4 is 11.8 Å². The zero-order valence-electron chi connectivity index (χ0n) is 9.95. The number of carbonyl (C=O) groups is 1. The topological polar surface area (TPSA) is 75.8 Å². The Bertz CT molecular complexity index is 563. The first-order chi connectivity index (χ1) is 8.58. The molecule has 1 heterocycles. The average Bonchev–Trinajstić information content (AvgIpc) is 2.76. The first-order valence-electron chi connectivity index (χ1n) is 5.20. The van der Waals surface area contributed by atoms with Gasteiger partial charge in [0.05, 0.1) is 0 Å². The number of carboxylic acid groups (broad SMARTS) is 1. The van der Waals surface area contributed by atoms with Gasteiger partial charge in [-0.25, -0.2) is 4.79 Å². The Labute approximate surface area is 103 Å². The lowest BCUT2D eigenvalue weighted by molar-refractivity contribution is 0.143. The molecule has 1 aromatic heterocycles. The molecular weight excluding hydrogens is 236 g/mol. The minimum absolute atomic E-state index is 0.0570. The second kappa shape index (κ2) is 4.79. The largest absolute Gasteiger partial charge is 0.512 e. The summed E-state index contributed by atoms with van der Waals surface area (Å²) in [6.45, 7) is 0. The van der Waals surface area contributed by atoms with E-state index in [-0.39, 0.29) is 5.88 Å². The number of oxazole rings is 1. The predicted molar refractivity (Wildman–Crippen MR) is 64.9 cm³/mol. The van der Waals surface area contributed by atoms with Gasteiger partial charge >= 0.3 is 6.16 Å². The van der Waals surface area contributed by atoms with Crippen LogP contribution in [0, 0.1) is 0 Å². The van der Waals surface area contributed by atoms with E-state index in [0.29, 0.717) is 11.3 Å². The fourth-order valence-electron chi connectivity index (χ4n) is 1.51. The number of benzene rings is 1. The third kappa shape index (κ3) is 2.42. The van der Waals surface area contributed by atoms with Crippen LogP contribution in [-0.2, 0) is 0 Å². The molecule has 1 aromatic carbocycles. The van der Waals surface area contributed by atoms with Gasteiger partial charge in [-0.2, -0.15) is 4.98 Å². The van der Waals surface area contributed by atoms with Crippen LogP contribution in [0.5, 0.6) is 5.88 Å². The minimum Gasteiger partial charge on any atom is -0.449 e. The van der Waals surface area contributed by atoms with Crippen LogP contribution < -0.4 is 9.64 Å². The van der Waals surface area contributed by atoms with Crippen molar-refractivity contribution in [1.29, 1.82) is 0 Å². The van der Waals surface area contributed by atoms with Crippen LogP contribution in [0.25, 0.3) is 11.3 Å². The average molecular weight is 248 g/mol. The maximum absolute atomic E-state index is 10.5. The Balaban J connectivity index is 2.39. The van der Waals surface area contributed by atoms with E-state index in [2.05, 4.69) is 9.72 Å². The maximum atomic E-state index is 10.5. The van der Waals surface area contributed by atoms with E-state index in [9.17, 15) is 4.79 Å². The highest BCUT2D eigenvalue weighted by Crippen LogP contribution is 2.30. The van der Waals surface area contributed by atoms with Crippen molar-refractivity contribution in [3.63, 3.8) is 0 Å². The van der Waals surface area contributed by atoms with Crippen LogP contribution in [0.2, 0.25) is 0 Å². The molecule has 0 aliphatic rings. The smallest absolute Gasteiger partial charge is 0.449 e. The van der Waals surface area contributed by atoms with Crippen LogP contribution in [0.15, 0.2) is 35.1 Å². The van der Waals surface area contributed by atoms with Crippen LogP contribution in [0.4, 0.5) is 10.5 Å². The van der Waals surface area contributed by atoms with Crippen molar-refractivity contribution in [1.82, 2.24) is 4.98 Å². The molecule has 2 aromatic rings. The first kappa shape index (κ1) is 12.0. The molecule has 0 aliphatic heterocycles. The Kier molecular flexibility index (Phi) is 3.18. The first-order valence-corrected chi connectivity index (χ1v) is 5.20. The van der Waals surface area contributed by atoms with Gasteiger partial charge in [-0.15, -0.1) is 0 Å². The van der Waals surface area contributed by atoms with Crippen molar-refractivity contribution in [3.8, 4) is 17.2 Å². The fraction of sp³-hybridized carbons (Fsp3) is 0.167. The van der Waals surface area contributed by atoms with Gasteiger partial charge < -0.3 is 19.2 Å². The van der Waals surface area contributed by atoms with Crippen LogP contribution in [0.1, 0.15) is 0 Å². The van der Waals surface area contributed by atoms with Crippen molar-refractivity contribution in [2.24, 2.45) is 0 Å². The number of anilines is 1. The van der Waals surface area contributed by atoms with Crippen LogP contribution in [0.3, 0.4) is 0 Å². The second-order valence-corrected chi connectivity index (χ2v) is 3.80. The van der Waals surface area contributed by atoms with Gasteiger partial charge in [0.2, 0.25) is 0 Å². The summed E-state index contributed by atoms with van der Waals surface area (Å²) < 4.78 is 9.71. The lowest BCUT2D eigenvalue weighted by Crippen LogP contribution is -2.08. The molecule has 0 bridgehead atoms. The van der Waals surface area contributed by atoms with E-state index in [1.54, 1.807) is 6.07 Å². The Morgan fingerprint density at radius 1 is 1.44 bits per heavy atom. The van der Waals surface area contributed by atoms with E-state index >= 15 is 0 Å². The highest BCUT2D eigenvalue weighted by Gasteiger charge is 2.15. The van der Waals surface area contributed by atoms with E-state index < -0.39 is 6.16 Å². The minimum atomic E-state index is -1.42. The van der Waals surface area contributed by atoms with Crippen LogP contribution >= 0.6 is 0 Å². The Morgan fingerprint density at radius 2 is 2.22 bits per heavy atom. The molecule has 0 saturated carbocycles. The zero-order chi connectivity index (χ0) is 13.1. The number of hydrogen-bond acceptors (Lipinski definition) is 5. The highest BCUT2D eigenvalue weighted by atomic mass is 16.7. The molecule has 0 amide bonds. The number of hydrogen-bond donors (Lipinski definition) is 1. The lowest BCUT2D eigenvalue weighted by atomic mass is 10.1. The van der Waals surface area contributed by atoms with Gasteiger partial charge in [0.25, 0.3) is 5.88 Å². The maximum Gasteiger partial charge on any atom is 0.512 e. The highest BCUT2D eigenvalue weighted by molar-refractivity contribution is 5.70. The summed E-state index contributed by atoms with van der Waals surface area (Å²) in [4.78, 5) is 16.2. The number of nitrogens with zero attached hydrogens (tertiary/aromatic N) is 2. The van der Waals surface area contributed by atoms with Gasteiger partial charge in [0.1, 0.15) is 0 Å². The van der Waals surface area contributed by atoms with Gasteiger partial charge in [-0.1, -0.05) is 12.1 Å². The van der Waals surface area contributed by atoms with E-state index in [1.807, 2.05) is 37.2 Å². The second-order valence-electron chi connectivity index (χ2n) is 3.80. The summed E-state index contributed by atoms with van der Waals surface area (Å²) >= 11 is 0. The van der Waals surface area contributed by atoms with Gasteiger partial charge in [0.15, 0.2) is 12.2 Å². The number of aromatic nitrogens is 1. The zero-order valence-corrected chi connectivity index (χ0v) is 9.95. The SMILES string of the molecule is CN(C)c1cccc(-c2ocnc2OC(=O)O)c1. The summed E-state index contributed by atoms with van der Waals surface area (Å²) in [5.41, 5.74) is 1.67. The van der Waals surface area contributed by atoms with Crippen molar-refractivity contribution < 1.29 is 19.1 Å². The lowest BCUT2D eigenvalue weighted by Gasteiger charge is -2.12. The molecule has 0 unspecified atom stereocenters. The summed E-state index contributed by atoms with van der Waals surface area (Å²) in [6.07, 6.45) is -0.274. The molecule has 0 spiro atoms. The third-order valence-electron chi connectivity index (χ3n) is 2.34. The molecule has 6 nitrogen and oxygen atoms in total. The van der Waals surface area contributed by atoms with E-state index in [4.69, 9.17) is 9.52 Å². The molecule has 6 heteroatoms. The molecule has 0 aliphatic carbocycles. The molecule has 0 saturated heterocycles. The molecule has 0 fully saturated rings. The van der Waals surface area contributed by atoms with Gasteiger partial charge in [-0.3, -0.25) is 0 Å². The molecule has 1 N–H and O–H groups in total. The standard InChI is InChI=1S/C12H12N2O4/c1-14(2)9-5-3-4-8(6-9)10-11(13-7-17-10)18-12(15)16/h3-7H,1-2H3,(H,15,16). The van der Waals surface area contributed by atoms with Gasteiger partial charge in [0, 0.05) is 25.3 Å². The van der Waals surface area contributed by atoms with E-state index in [0.717, 1.165) is 12.1 Å². The molecule has 18 heavy (non-hydrogen) atoms. The normalized spacial score (nSPS) is 10.1. The summed E-state index contributed by atoms with van der Waals surface area (Å²) in [7, 11) is 3.82. The summed E-state index contributed by atoms with van der Waals surface area (Å²) in [5, 5.41) is 8.59. The Morgan fingerprint density at radius 3 is 2.89 bits per heavy atom. The van der Waals surface area contributed by atoms with Crippen molar-refractivity contribution in [2.75, 3.05) is 19.0 Å². The monoisotopic (exact) mass is 248 g/mol. The fourth-order valence-corrected chi connectivity index (χ4v) is 1.51. The summed E-state index contributed by atoms with van der Waals surface area (Å²) in [5.74, 6) is 0.236. The van der Waals surface area contributed by atoms with Gasteiger partial charge in [-0.05, 0) is 12.1 Å². The molecule has 0 atom stereocenters. The van der Waals surface area contributed by atoms with E-state index in [1.165, 1.54) is 0 Å². The van der Waals surface area contributed by atoms with Crippen LogP contribution in [-0.4, -0.2) is 30.3 Å². The Hall–Kier alpha value is -2.50. The van der Waals surface area contributed by atoms with Crippen molar-refractivity contribution in [3.05, 3.63) is 30.7 Å². The van der Waals surface area contributed by atoms with Crippen molar-refractivity contribution in [2.45, 2.75) is 0 Å². The molecular formula is C12H12N2O4. The molecule has 94 valence electrons. The molecule has 0 radical (unpaired) electrons. The third-order valence-corrected chi connectivity index (χ3v) is 2.34. The molecule has 2 rings (SSSR count). The number of rotatable bonds is 3. The number of ether oxygens (including phenoxy) is 1. The predicted octanol–water partition coefficient (Wildman–Crippen LogP) is 2.46. The summed E-state index contributed by atoms with van der Waals surface area (Å²) in [6, 6.07) is 7.42. The quantitative estimate of drug-likeness (QED) is 0.841.